The highest BCUT2D eigenvalue weighted by Gasteiger charge is 2.36. The molecule has 0 atom stereocenters. The van der Waals surface area contributed by atoms with Gasteiger partial charge in [-0.3, -0.25) is 4.79 Å². The van der Waals surface area contributed by atoms with Crippen LogP contribution in [0, 0.1) is 0 Å². The minimum absolute atomic E-state index is 0.252. The Labute approximate surface area is 158 Å². The second-order valence-corrected chi connectivity index (χ2v) is 8.35. The minimum Gasteiger partial charge on any atom is -0.442 e. The van der Waals surface area contributed by atoms with E-state index in [1.807, 2.05) is 0 Å². The predicted molar refractivity (Wildman–Crippen MR) is 100 cm³/mol. The van der Waals surface area contributed by atoms with Gasteiger partial charge in [0.15, 0.2) is 0 Å². The van der Waals surface area contributed by atoms with Gasteiger partial charge in [-0.1, -0.05) is 32.6 Å². The molecular formula is C19H36N2O5. The molecule has 0 aliphatic rings. The summed E-state index contributed by atoms with van der Waals surface area (Å²) in [7, 11) is 1.38. The lowest BCUT2D eigenvalue weighted by Crippen LogP contribution is -2.53. The number of carbonyl (C=O) groups excluding carboxylic acids is 3. The summed E-state index contributed by atoms with van der Waals surface area (Å²) in [5, 5.41) is 1.62. The van der Waals surface area contributed by atoms with E-state index >= 15 is 0 Å². The second kappa shape index (κ2) is 10.4. The molecule has 26 heavy (non-hydrogen) atoms. The number of carbonyl (C=O) groups is 3. The van der Waals surface area contributed by atoms with Crippen LogP contribution >= 0.6 is 0 Å². The zero-order valence-electron chi connectivity index (χ0n) is 17.7. The highest BCUT2D eigenvalue weighted by atomic mass is 16.6. The monoisotopic (exact) mass is 372 g/mol. The number of hydrogen-bond acceptors (Lipinski definition) is 5. The van der Waals surface area contributed by atoms with E-state index < -0.39 is 23.4 Å². The summed E-state index contributed by atoms with van der Waals surface area (Å²) >= 11 is 0. The number of rotatable bonds is 6. The minimum atomic E-state index is -0.936. The Hall–Kier alpha value is -1.79. The average molecular weight is 373 g/mol. The summed E-state index contributed by atoms with van der Waals surface area (Å²) in [6.45, 7) is 12.3. The maximum atomic E-state index is 12.5. The number of ether oxygens (including phenoxy) is 2. The number of hydrogen-bond donors (Lipinski definition) is 0. The third-order valence-electron chi connectivity index (χ3n) is 3.29. The van der Waals surface area contributed by atoms with Crippen molar-refractivity contribution in [3.8, 4) is 0 Å². The molecule has 0 aliphatic carbocycles. The van der Waals surface area contributed by atoms with E-state index in [9.17, 15) is 14.4 Å². The van der Waals surface area contributed by atoms with E-state index in [0.717, 1.165) is 30.7 Å². The van der Waals surface area contributed by atoms with Crippen LogP contribution in [-0.2, 0) is 14.3 Å². The van der Waals surface area contributed by atoms with Crippen LogP contribution in [0.4, 0.5) is 9.59 Å². The fourth-order valence-electron chi connectivity index (χ4n) is 2.08. The lowest BCUT2D eigenvalue weighted by atomic mass is 10.1. The standard InChI is InChI=1S/C19H36N2O5/c1-9-10-11-12-13-14-15(22)20(8)21(16(23)25-18(2,3)4)17(24)26-19(5,6)7/h9-14H2,1-8H3. The van der Waals surface area contributed by atoms with Gasteiger partial charge in [0.1, 0.15) is 11.2 Å². The van der Waals surface area contributed by atoms with Crippen molar-refractivity contribution in [1.82, 2.24) is 10.0 Å². The first-order chi connectivity index (χ1) is 11.8. The molecular weight excluding hydrogens is 336 g/mol. The molecule has 0 rings (SSSR count). The largest absolute Gasteiger partial charge is 0.442 e. The Kier molecular flexibility index (Phi) is 9.67. The summed E-state index contributed by atoms with van der Waals surface area (Å²) < 4.78 is 10.5. The Morgan fingerprint density at radius 1 is 0.769 bits per heavy atom. The zero-order chi connectivity index (χ0) is 20.5. The van der Waals surface area contributed by atoms with Gasteiger partial charge in [0, 0.05) is 13.5 Å². The maximum absolute atomic E-state index is 12.5. The van der Waals surface area contributed by atoms with Gasteiger partial charge in [0.05, 0.1) is 0 Å². The Morgan fingerprint density at radius 3 is 1.58 bits per heavy atom. The van der Waals surface area contributed by atoms with Crippen molar-refractivity contribution in [2.75, 3.05) is 7.05 Å². The van der Waals surface area contributed by atoms with Crippen LogP contribution in [-0.4, -0.2) is 46.4 Å². The average Bonchev–Trinajstić information content (AvgIpc) is 2.42. The van der Waals surface area contributed by atoms with Crippen molar-refractivity contribution in [3.05, 3.63) is 0 Å². The van der Waals surface area contributed by atoms with Crippen molar-refractivity contribution in [2.24, 2.45) is 0 Å². The van der Waals surface area contributed by atoms with Gasteiger partial charge >= 0.3 is 12.2 Å². The lowest BCUT2D eigenvalue weighted by molar-refractivity contribution is -0.143. The molecule has 0 aliphatic heterocycles. The fourth-order valence-corrected chi connectivity index (χ4v) is 2.08. The second-order valence-electron chi connectivity index (χ2n) is 8.35. The van der Waals surface area contributed by atoms with E-state index in [0.29, 0.717) is 11.4 Å². The van der Waals surface area contributed by atoms with Gasteiger partial charge in [-0.15, -0.1) is 5.01 Å². The van der Waals surface area contributed by atoms with Gasteiger partial charge in [-0.2, -0.15) is 0 Å². The molecule has 0 saturated heterocycles. The number of imide groups is 1. The molecule has 0 fully saturated rings. The Balaban J connectivity index is 5.09. The summed E-state index contributed by atoms with van der Waals surface area (Å²) in [5.74, 6) is -0.335. The van der Waals surface area contributed by atoms with Crippen LogP contribution in [0.25, 0.3) is 0 Å². The van der Waals surface area contributed by atoms with E-state index in [1.54, 1.807) is 41.5 Å². The number of unbranched alkanes of at least 4 members (excludes halogenated alkanes) is 4. The van der Waals surface area contributed by atoms with Crippen LogP contribution in [0.2, 0.25) is 0 Å². The van der Waals surface area contributed by atoms with Crippen LogP contribution in [0.3, 0.4) is 0 Å². The molecule has 0 aromatic heterocycles. The molecule has 7 heteroatoms. The first kappa shape index (κ1) is 24.2. The number of hydrazine groups is 1. The van der Waals surface area contributed by atoms with Crippen molar-refractivity contribution < 1.29 is 23.9 Å². The summed E-state index contributed by atoms with van der Waals surface area (Å²) in [5.41, 5.74) is -1.61. The van der Waals surface area contributed by atoms with Gasteiger partial charge in [0.25, 0.3) is 0 Å². The van der Waals surface area contributed by atoms with E-state index in [1.165, 1.54) is 7.05 Å². The molecule has 152 valence electrons. The smallest absolute Gasteiger partial charge is 0.439 e. The zero-order valence-corrected chi connectivity index (χ0v) is 17.7. The third kappa shape index (κ3) is 10.3. The Morgan fingerprint density at radius 2 is 1.19 bits per heavy atom. The van der Waals surface area contributed by atoms with Gasteiger partial charge in [0.2, 0.25) is 5.91 Å². The molecule has 0 N–H and O–H groups in total. The SMILES string of the molecule is CCCCCCCC(=O)N(C)N(C(=O)OC(C)(C)C)C(=O)OC(C)(C)C. The first-order valence-electron chi connectivity index (χ1n) is 9.31. The molecule has 0 aromatic carbocycles. The fraction of sp³-hybridized carbons (Fsp3) is 0.842. The molecule has 0 heterocycles. The molecule has 0 radical (unpaired) electrons. The van der Waals surface area contributed by atoms with Crippen LogP contribution in [0.1, 0.15) is 87.0 Å². The molecule has 0 bridgehead atoms. The van der Waals surface area contributed by atoms with Crippen LogP contribution in [0.15, 0.2) is 0 Å². The van der Waals surface area contributed by atoms with Crippen LogP contribution in [0.5, 0.6) is 0 Å². The van der Waals surface area contributed by atoms with Gasteiger partial charge in [-0.05, 0) is 48.0 Å². The molecule has 0 saturated carbocycles. The van der Waals surface area contributed by atoms with Gasteiger partial charge < -0.3 is 9.47 Å². The van der Waals surface area contributed by atoms with Gasteiger partial charge in [-0.25, -0.2) is 14.6 Å². The first-order valence-corrected chi connectivity index (χ1v) is 9.31. The molecule has 0 aromatic rings. The Bertz CT molecular complexity index is 449. The quantitative estimate of drug-likeness (QED) is 0.490. The van der Waals surface area contributed by atoms with Crippen molar-refractivity contribution in [1.29, 1.82) is 0 Å². The summed E-state index contributed by atoms with van der Waals surface area (Å²) in [4.78, 5) is 37.3. The third-order valence-corrected chi connectivity index (χ3v) is 3.29. The molecule has 7 nitrogen and oxygen atoms in total. The lowest BCUT2D eigenvalue weighted by Gasteiger charge is -2.33. The van der Waals surface area contributed by atoms with E-state index in [2.05, 4.69) is 6.92 Å². The summed E-state index contributed by atoms with van der Waals surface area (Å²) in [6, 6.07) is 0. The highest BCUT2D eigenvalue weighted by Crippen LogP contribution is 2.17. The number of amides is 3. The maximum Gasteiger partial charge on any atom is 0.439 e. The number of nitrogens with zero attached hydrogens (tertiary/aromatic N) is 2. The van der Waals surface area contributed by atoms with Crippen molar-refractivity contribution >= 4 is 18.1 Å². The van der Waals surface area contributed by atoms with E-state index in [4.69, 9.17) is 9.47 Å². The molecule has 3 amide bonds. The molecule has 0 spiro atoms. The highest BCUT2D eigenvalue weighted by molar-refractivity contribution is 5.91. The molecule has 0 unspecified atom stereocenters. The topological polar surface area (TPSA) is 76.2 Å². The predicted octanol–water partition coefficient (Wildman–Crippen LogP) is 4.89. The van der Waals surface area contributed by atoms with Crippen LogP contribution < -0.4 is 0 Å². The summed E-state index contributed by atoms with van der Waals surface area (Å²) in [6.07, 6.45) is 3.34. The normalized spacial score (nSPS) is 11.7. The van der Waals surface area contributed by atoms with Crippen molar-refractivity contribution in [3.63, 3.8) is 0 Å². The van der Waals surface area contributed by atoms with E-state index in [-0.39, 0.29) is 12.3 Å². The van der Waals surface area contributed by atoms with Crippen molar-refractivity contribution in [2.45, 2.75) is 98.2 Å².